The Morgan fingerprint density at radius 1 is 1.25 bits per heavy atom. The summed E-state index contributed by atoms with van der Waals surface area (Å²) in [4.78, 5) is 8.57. The lowest BCUT2D eigenvalue weighted by Gasteiger charge is -2.12. The highest BCUT2D eigenvalue weighted by Gasteiger charge is 2.09. The van der Waals surface area contributed by atoms with E-state index in [1.807, 2.05) is 25.1 Å². The summed E-state index contributed by atoms with van der Waals surface area (Å²) in [5.41, 5.74) is 1.76. The lowest BCUT2D eigenvalue weighted by Crippen LogP contribution is -2.05. The van der Waals surface area contributed by atoms with Gasteiger partial charge in [-0.1, -0.05) is 18.5 Å². The lowest BCUT2D eigenvalue weighted by atomic mass is 10.3. The van der Waals surface area contributed by atoms with Crippen LogP contribution in [0.25, 0.3) is 5.78 Å². The van der Waals surface area contributed by atoms with Gasteiger partial charge in [-0.25, -0.2) is 4.98 Å². The smallest absolute Gasteiger partial charge is 0.254 e. The van der Waals surface area contributed by atoms with Crippen LogP contribution in [-0.4, -0.2) is 39.9 Å². The minimum atomic E-state index is 0.451. The van der Waals surface area contributed by atoms with Gasteiger partial charge in [0.25, 0.3) is 5.78 Å². The van der Waals surface area contributed by atoms with Crippen molar-refractivity contribution in [2.75, 3.05) is 25.6 Å². The first kappa shape index (κ1) is 16.5. The second kappa shape index (κ2) is 7.46. The number of benzene rings is 1. The van der Waals surface area contributed by atoms with Crippen molar-refractivity contribution >= 4 is 28.9 Å². The molecule has 1 aromatic carbocycles. The second-order valence-corrected chi connectivity index (χ2v) is 5.48. The van der Waals surface area contributed by atoms with Gasteiger partial charge >= 0.3 is 0 Å². The zero-order valence-electron chi connectivity index (χ0n) is 13.5. The van der Waals surface area contributed by atoms with E-state index < -0.39 is 0 Å². The summed E-state index contributed by atoms with van der Waals surface area (Å²) >= 11 is 6.28. The fraction of sp³-hybridized carbons (Fsp3) is 0.312. The quantitative estimate of drug-likeness (QED) is 0.662. The number of halogens is 1. The number of ether oxygens (including phenoxy) is 2. The monoisotopic (exact) mass is 347 g/mol. The Morgan fingerprint density at radius 2 is 2.12 bits per heavy atom. The Bertz CT molecular complexity index is 836. The minimum Gasteiger partial charge on any atom is -0.490 e. The molecule has 0 aliphatic rings. The molecular weight excluding hydrogens is 330 g/mol. The van der Waals surface area contributed by atoms with Crippen molar-refractivity contribution in [3.63, 3.8) is 0 Å². The molecule has 1 N–H and O–H groups in total. The van der Waals surface area contributed by atoms with E-state index in [0.717, 1.165) is 23.6 Å². The molecule has 3 aromatic rings. The average Bonchev–Trinajstić information content (AvgIpc) is 3.05. The molecule has 0 spiro atoms. The van der Waals surface area contributed by atoms with Gasteiger partial charge in [0, 0.05) is 24.6 Å². The van der Waals surface area contributed by atoms with E-state index in [1.54, 1.807) is 17.7 Å². The Morgan fingerprint density at radius 3 is 2.88 bits per heavy atom. The zero-order chi connectivity index (χ0) is 16.9. The Kier molecular flexibility index (Phi) is 5.12. The molecule has 2 heterocycles. The number of aryl methyl sites for hydroxylation is 1. The van der Waals surface area contributed by atoms with E-state index in [4.69, 9.17) is 21.1 Å². The van der Waals surface area contributed by atoms with Gasteiger partial charge in [0.2, 0.25) is 0 Å². The molecule has 0 amide bonds. The fourth-order valence-corrected chi connectivity index (χ4v) is 2.45. The Hall–Kier alpha value is -2.38. The van der Waals surface area contributed by atoms with Gasteiger partial charge in [0.05, 0.1) is 11.6 Å². The number of fused-ring (bicyclic) bond motifs is 1. The number of methoxy groups -OCH3 is 1. The van der Waals surface area contributed by atoms with Crippen LogP contribution >= 0.6 is 11.6 Å². The van der Waals surface area contributed by atoms with Gasteiger partial charge in [-0.05, 0) is 24.6 Å². The minimum absolute atomic E-state index is 0.451. The van der Waals surface area contributed by atoms with Crippen molar-refractivity contribution in [2.45, 2.75) is 13.3 Å². The van der Waals surface area contributed by atoms with Gasteiger partial charge in [-0.15, -0.1) is 0 Å². The first-order chi connectivity index (χ1) is 11.7. The highest BCUT2D eigenvalue weighted by atomic mass is 35.5. The second-order valence-electron chi connectivity index (χ2n) is 5.07. The Labute approximate surface area is 144 Å². The molecular formula is C16H18ClN5O2. The van der Waals surface area contributed by atoms with Crippen molar-refractivity contribution in [1.29, 1.82) is 0 Å². The van der Waals surface area contributed by atoms with E-state index in [9.17, 15) is 0 Å². The number of hydrogen-bond donors (Lipinski definition) is 1. The third kappa shape index (κ3) is 3.58. The van der Waals surface area contributed by atoms with Crippen molar-refractivity contribution in [2.24, 2.45) is 0 Å². The lowest BCUT2D eigenvalue weighted by molar-refractivity contribution is 0.146. The SMILES string of the molecule is CCc1cc(Nc2ccc(OCCOC)c(Cl)c2)n2ncnc2n1. The fourth-order valence-electron chi connectivity index (χ4n) is 2.21. The van der Waals surface area contributed by atoms with Gasteiger partial charge in [-0.3, -0.25) is 0 Å². The summed E-state index contributed by atoms with van der Waals surface area (Å²) in [6, 6.07) is 7.46. The normalized spacial score (nSPS) is 11.0. The highest BCUT2D eigenvalue weighted by Crippen LogP contribution is 2.29. The van der Waals surface area contributed by atoms with Gasteiger partial charge in [0.1, 0.15) is 24.5 Å². The summed E-state index contributed by atoms with van der Waals surface area (Å²) in [6.07, 6.45) is 2.29. The van der Waals surface area contributed by atoms with E-state index >= 15 is 0 Å². The van der Waals surface area contributed by atoms with Crippen molar-refractivity contribution in [1.82, 2.24) is 19.6 Å². The molecule has 24 heavy (non-hydrogen) atoms. The van der Waals surface area contributed by atoms with Crippen LogP contribution in [-0.2, 0) is 11.2 Å². The number of nitrogens with zero attached hydrogens (tertiary/aromatic N) is 4. The summed E-state index contributed by atoms with van der Waals surface area (Å²) in [7, 11) is 1.63. The first-order valence-corrected chi connectivity index (χ1v) is 7.97. The Balaban J connectivity index is 1.83. The molecule has 7 nitrogen and oxygen atoms in total. The molecule has 0 aliphatic heterocycles. The molecule has 0 unspecified atom stereocenters. The standard InChI is InChI=1S/C16H18ClN5O2/c1-3-11-9-15(22-16(21-11)18-10-19-22)20-12-4-5-14(13(17)8-12)24-7-6-23-2/h4-5,8-10,20H,3,6-7H2,1-2H3. The van der Waals surface area contributed by atoms with Crippen LogP contribution in [0.4, 0.5) is 11.5 Å². The average molecular weight is 348 g/mol. The van der Waals surface area contributed by atoms with Crippen LogP contribution in [0.3, 0.4) is 0 Å². The van der Waals surface area contributed by atoms with Crippen LogP contribution < -0.4 is 10.1 Å². The zero-order valence-corrected chi connectivity index (χ0v) is 14.2. The third-order valence-corrected chi connectivity index (χ3v) is 3.71. The van der Waals surface area contributed by atoms with Gasteiger partial charge in [-0.2, -0.15) is 14.6 Å². The topological polar surface area (TPSA) is 73.6 Å². The molecule has 0 atom stereocenters. The van der Waals surface area contributed by atoms with Crippen LogP contribution in [0, 0.1) is 0 Å². The number of nitrogens with one attached hydrogen (secondary N) is 1. The maximum Gasteiger partial charge on any atom is 0.254 e. The largest absolute Gasteiger partial charge is 0.490 e. The number of hydrogen-bond acceptors (Lipinski definition) is 6. The predicted molar refractivity (Wildman–Crippen MR) is 92.3 cm³/mol. The first-order valence-electron chi connectivity index (χ1n) is 7.59. The highest BCUT2D eigenvalue weighted by molar-refractivity contribution is 6.32. The molecule has 0 fully saturated rings. The van der Waals surface area contributed by atoms with Gasteiger partial charge in [0.15, 0.2) is 0 Å². The number of rotatable bonds is 7. The van der Waals surface area contributed by atoms with E-state index in [2.05, 4.69) is 20.4 Å². The maximum absolute atomic E-state index is 6.28. The predicted octanol–water partition coefficient (Wildman–Crippen LogP) is 3.11. The van der Waals surface area contributed by atoms with Crippen molar-refractivity contribution in [3.8, 4) is 5.75 Å². The van der Waals surface area contributed by atoms with Gasteiger partial charge < -0.3 is 14.8 Å². The maximum atomic E-state index is 6.28. The molecule has 0 radical (unpaired) electrons. The molecule has 0 aliphatic carbocycles. The molecule has 126 valence electrons. The van der Waals surface area contributed by atoms with Crippen molar-refractivity contribution < 1.29 is 9.47 Å². The summed E-state index contributed by atoms with van der Waals surface area (Å²) in [6.45, 7) is 3.01. The number of aromatic nitrogens is 4. The van der Waals surface area contributed by atoms with Crippen LogP contribution in [0.1, 0.15) is 12.6 Å². The third-order valence-electron chi connectivity index (χ3n) is 3.42. The summed E-state index contributed by atoms with van der Waals surface area (Å²) < 4.78 is 12.2. The summed E-state index contributed by atoms with van der Waals surface area (Å²) in [5.74, 6) is 1.95. The van der Waals surface area contributed by atoms with Crippen molar-refractivity contribution in [3.05, 3.63) is 41.3 Å². The molecule has 0 bridgehead atoms. The molecule has 0 saturated carbocycles. The molecule has 2 aromatic heterocycles. The summed E-state index contributed by atoms with van der Waals surface area (Å²) in [5, 5.41) is 8.01. The van der Waals surface area contributed by atoms with E-state index in [0.29, 0.717) is 29.8 Å². The van der Waals surface area contributed by atoms with Crippen LogP contribution in [0.5, 0.6) is 5.75 Å². The molecule has 8 heteroatoms. The van der Waals surface area contributed by atoms with E-state index in [-0.39, 0.29) is 0 Å². The molecule has 3 rings (SSSR count). The molecule has 0 saturated heterocycles. The van der Waals surface area contributed by atoms with Crippen LogP contribution in [0.2, 0.25) is 5.02 Å². The van der Waals surface area contributed by atoms with Crippen LogP contribution in [0.15, 0.2) is 30.6 Å². The van der Waals surface area contributed by atoms with E-state index in [1.165, 1.54) is 6.33 Å². The number of anilines is 2.